The van der Waals surface area contributed by atoms with Gasteiger partial charge in [-0.05, 0) is 36.4 Å². The third kappa shape index (κ3) is 4.08. The van der Waals surface area contributed by atoms with Gasteiger partial charge >= 0.3 is 0 Å². The van der Waals surface area contributed by atoms with E-state index in [0.717, 1.165) is 11.3 Å². The van der Waals surface area contributed by atoms with Crippen molar-refractivity contribution in [3.63, 3.8) is 0 Å². The second kappa shape index (κ2) is 8.61. The van der Waals surface area contributed by atoms with E-state index in [2.05, 4.69) is 5.10 Å². The number of hydrogen-bond acceptors (Lipinski definition) is 5. The lowest BCUT2D eigenvalue weighted by Crippen LogP contribution is -2.05. The molecule has 5 aromatic rings. The van der Waals surface area contributed by atoms with Gasteiger partial charge in [-0.1, -0.05) is 41.9 Å². The molecule has 0 atom stereocenters. The fourth-order valence-electron chi connectivity index (χ4n) is 3.22. The SMILES string of the molecule is O=c1c(Oc2ccccc2Cl)coc2cc(OCc3cnn(-c4ccccc4)c3)ccc12. The van der Waals surface area contributed by atoms with Crippen LogP contribution in [0.1, 0.15) is 5.56 Å². The molecule has 0 fully saturated rings. The molecule has 3 aromatic carbocycles. The van der Waals surface area contributed by atoms with Crippen LogP contribution >= 0.6 is 11.6 Å². The fraction of sp³-hybridized carbons (Fsp3) is 0.0400. The van der Waals surface area contributed by atoms with Crippen LogP contribution in [0.3, 0.4) is 0 Å². The minimum absolute atomic E-state index is 0.0626. The average Bonchev–Trinajstić information content (AvgIpc) is 3.31. The maximum Gasteiger partial charge on any atom is 0.235 e. The third-order valence-electron chi connectivity index (χ3n) is 4.83. The lowest BCUT2D eigenvalue weighted by molar-refractivity contribution is 0.306. The van der Waals surface area contributed by atoms with Crippen molar-refractivity contribution in [1.82, 2.24) is 9.78 Å². The zero-order chi connectivity index (χ0) is 21.9. The summed E-state index contributed by atoms with van der Waals surface area (Å²) >= 11 is 6.11. The maximum absolute atomic E-state index is 12.8. The Balaban J connectivity index is 1.32. The van der Waals surface area contributed by atoms with E-state index in [1.807, 2.05) is 36.5 Å². The third-order valence-corrected chi connectivity index (χ3v) is 5.15. The van der Waals surface area contributed by atoms with Gasteiger partial charge in [0.2, 0.25) is 11.2 Å². The van der Waals surface area contributed by atoms with Crippen LogP contribution in [-0.4, -0.2) is 9.78 Å². The van der Waals surface area contributed by atoms with E-state index in [-0.39, 0.29) is 11.2 Å². The number of benzene rings is 3. The number of nitrogens with zero attached hydrogens (tertiary/aromatic N) is 2. The van der Waals surface area contributed by atoms with Crippen molar-refractivity contribution in [3.05, 3.63) is 112 Å². The van der Waals surface area contributed by atoms with Crippen molar-refractivity contribution in [2.45, 2.75) is 6.61 Å². The van der Waals surface area contributed by atoms with Crippen molar-refractivity contribution in [3.8, 4) is 22.9 Å². The van der Waals surface area contributed by atoms with Crippen molar-refractivity contribution in [1.29, 1.82) is 0 Å². The Morgan fingerprint density at radius 3 is 2.62 bits per heavy atom. The molecule has 0 N–H and O–H groups in total. The number of fused-ring (bicyclic) bond motifs is 1. The van der Waals surface area contributed by atoms with Crippen LogP contribution in [0.15, 0.2) is 101 Å². The van der Waals surface area contributed by atoms with Crippen LogP contribution in [-0.2, 0) is 6.61 Å². The van der Waals surface area contributed by atoms with Gasteiger partial charge in [0.15, 0.2) is 0 Å². The molecule has 0 radical (unpaired) electrons. The Kier molecular flexibility index (Phi) is 5.35. The molecule has 0 bridgehead atoms. The van der Waals surface area contributed by atoms with Crippen LogP contribution < -0.4 is 14.9 Å². The molecule has 0 aliphatic rings. The number of aromatic nitrogens is 2. The molecular formula is C25H17ClN2O4. The Hall–Kier alpha value is -4.03. The zero-order valence-electron chi connectivity index (χ0n) is 16.8. The molecule has 0 saturated carbocycles. The normalized spacial score (nSPS) is 10.9. The summed E-state index contributed by atoms with van der Waals surface area (Å²) in [5.41, 5.74) is 2.00. The van der Waals surface area contributed by atoms with Gasteiger partial charge < -0.3 is 13.9 Å². The summed E-state index contributed by atoms with van der Waals surface area (Å²) in [5, 5.41) is 5.16. The van der Waals surface area contributed by atoms with Crippen LogP contribution in [0.25, 0.3) is 16.7 Å². The largest absolute Gasteiger partial charge is 0.489 e. The topological polar surface area (TPSA) is 66.5 Å². The molecule has 158 valence electrons. The molecule has 0 aliphatic heterocycles. The van der Waals surface area contributed by atoms with E-state index >= 15 is 0 Å². The Labute approximate surface area is 188 Å². The highest BCUT2D eigenvalue weighted by Crippen LogP contribution is 2.29. The van der Waals surface area contributed by atoms with E-state index in [0.29, 0.717) is 34.1 Å². The summed E-state index contributed by atoms with van der Waals surface area (Å²) in [6, 6.07) is 21.8. The van der Waals surface area contributed by atoms with Crippen LogP contribution in [0.5, 0.6) is 17.2 Å². The number of halogens is 1. The first-order valence-electron chi connectivity index (χ1n) is 9.87. The minimum Gasteiger partial charge on any atom is -0.489 e. The van der Waals surface area contributed by atoms with Gasteiger partial charge in [-0.2, -0.15) is 5.10 Å². The van der Waals surface area contributed by atoms with Gasteiger partial charge in [0.25, 0.3) is 0 Å². The number of ether oxygens (including phenoxy) is 2. The highest BCUT2D eigenvalue weighted by Gasteiger charge is 2.12. The summed E-state index contributed by atoms with van der Waals surface area (Å²) < 4.78 is 18.9. The number of hydrogen-bond donors (Lipinski definition) is 0. The van der Waals surface area contributed by atoms with Crippen LogP contribution in [0, 0.1) is 0 Å². The Morgan fingerprint density at radius 1 is 0.969 bits per heavy atom. The molecule has 0 unspecified atom stereocenters. The van der Waals surface area contributed by atoms with Crippen molar-refractivity contribution >= 4 is 22.6 Å². The van der Waals surface area contributed by atoms with Crippen molar-refractivity contribution < 1.29 is 13.9 Å². The van der Waals surface area contributed by atoms with Gasteiger partial charge in [0, 0.05) is 17.8 Å². The number of rotatable bonds is 6. The number of para-hydroxylation sites is 2. The first kappa shape index (κ1) is 19.9. The maximum atomic E-state index is 12.8. The van der Waals surface area contributed by atoms with E-state index in [1.165, 1.54) is 6.26 Å². The quantitative estimate of drug-likeness (QED) is 0.321. The molecule has 7 heteroatoms. The minimum atomic E-state index is -0.290. The molecule has 2 aromatic heterocycles. The smallest absolute Gasteiger partial charge is 0.235 e. The first-order valence-corrected chi connectivity index (χ1v) is 10.2. The predicted molar refractivity (Wildman–Crippen MR) is 122 cm³/mol. The van der Waals surface area contributed by atoms with Crippen molar-refractivity contribution in [2.75, 3.05) is 0 Å². The summed E-state index contributed by atoms with van der Waals surface area (Å²) in [5.74, 6) is 1.03. The summed E-state index contributed by atoms with van der Waals surface area (Å²) in [6.45, 7) is 0.330. The monoisotopic (exact) mass is 444 g/mol. The molecule has 0 spiro atoms. The van der Waals surface area contributed by atoms with E-state index < -0.39 is 0 Å². The molecule has 0 amide bonds. The van der Waals surface area contributed by atoms with E-state index in [4.69, 9.17) is 25.5 Å². The summed E-state index contributed by atoms with van der Waals surface area (Å²) in [4.78, 5) is 12.8. The van der Waals surface area contributed by atoms with Gasteiger partial charge in [-0.3, -0.25) is 4.79 Å². The first-order chi connectivity index (χ1) is 15.7. The van der Waals surface area contributed by atoms with Gasteiger partial charge in [-0.15, -0.1) is 0 Å². The van der Waals surface area contributed by atoms with Crippen LogP contribution in [0.2, 0.25) is 5.02 Å². The summed E-state index contributed by atoms with van der Waals surface area (Å²) in [7, 11) is 0. The second-order valence-corrected chi connectivity index (χ2v) is 7.44. The predicted octanol–water partition coefficient (Wildman–Crippen LogP) is 6.00. The van der Waals surface area contributed by atoms with Crippen LogP contribution in [0.4, 0.5) is 0 Å². The van der Waals surface area contributed by atoms with E-state index in [9.17, 15) is 4.79 Å². The average molecular weight is 445 g/mol. The second-order valence-electron chi connectivity index (χ2n) is 7.04. The molecule has 0 saturated heterocycles. The molecule has 32 heavy (non-hydrogen) atoms. The van der Waals surface area contributed by atoms with Gasteiger partial charge in [0.1, 0.15) is 30.0 Å². The highest BCUT2D eigenvalue weighted by molar-refractivity contribution is 6.32. The summed E-state index contributed by atoms with van der Waals surface area (Å²) in [6.07, 6.45) is 4.95. The lowest BCUT2D eigenvalue weighted by atomic mass is 10.2. The molecule has 2 heterocycles. The van der Waals surface area contributed by atoms with E-state index in [1.54, 1.807) is 53.3 Å². The highest BCUT2D eigenvalue weighted by atomic mass is 35.5. The van der Waals surface area contributed by atoms with Gasteiger partial charge in [-0.25, -0.2) is 4.68 Å². The van der Waals surface area contributed by atoms with Gasteiger partial charge in [0.05, 0.1) is 22.3 Å². The molecular weight excluding hydrogens is 428 g/mol. The van der Waals surface area contributed by atoms with Crippen molar-refractivity contribution in [2.24, 2.45) is 0 Å². The zero-order valence-corrected chi connectivity index (χ0v) is 17.5. The Morgan fingerprint density at radius 2 is 1.78 bits per heavy atom. The molecule has 5 rings (SSSR count). The lowest BCUT2D eigenvalue weighted by Gasteiger charge is -2.08. The standard InChI is InChI=1S/C25H17ClN2O4/c26-21-8-4-5-9-22(21)32-24-16-31-23-12-19(10-11-20(23)25(24)29)30-15-17-13-27-28(14-17)18-6-2-1-3-7-18/h1-14,16H,15H2. The molecule has 6 nitrogen and oxygen atoms in total. The Bertz CT molecular complexity index is 1440. The molecule has 0 aliphatic carbocycles. The fourth-order valence-corrected chi connectivity index (χ4v) is 3.39.